The highest BCUT2D eigenvalue weighted by Crippen LogP contribution is 2.39. The molecule has 0 aliphatic heterocycles. The van der Waals surface area contributed by atoms with Crippen LogP contribution in [0.2, 0.25) is 0 Å². The van der Waals surface area contributed by atoms with Gasteiger partial charge in [-0.05, 0) is 0 Å². The van der Waals surface area contributed by atoms with Gasteiger partial charge in [0, 0.05) is 16.8 Å². The van der Waals surface area contributed by atoms with Crippen molar-refractivity contribution in [2.24, 2.45) is 0 Å². The Morgan fingerprint density at radius 3 is 1.30 bits per heavy atom. The van der Waals surface area contributed by atoms with Crippen LogP contribution in [0.1, 0.15) is 0 Å². The Kier molecular flexibility index (Phi) is 3.20. The molecule has 0 aromatic heterocycles. The molecule has 0 radical (unpaired) electrons. The first-order valence-corrected chi connectivity index (χ1v) is 5.78. The third kappa shape index (κ3) is 1.82. The number of hydrogen-bond donors (Lipinski definition) is 0. The zero-order valence-electron chi connectivity index (χ0n) is 10.5. The Morgan fingerprint density at radius 1 is 0.348 bits per heavy atom. The van der Waals surface area contributed by atoms with Crippen LogP contribution in [0.3, 0.4) is 0 Å². The number of hydrogen-bond acceptors (Lipinski definition) is 0. The van der Waals surface area contributed by atoms with Crippen LogP contribution < -0.4 is 0 Å². The van der Waals surface area contributed by atoms with E-state index in [1.165, 1.54) is 0 Å². The molecule has 0 nitrogen and oxygen atoms in total. The van der Waals surface area contributed by atoms with Gasteiger partial charge < -0.3 is 0 Å². The minimum absolute atomic E-state index is 0.153. The molecule has 3 rings (SSSR count). The second kappa shape index (κ2) is 4.77. The molecule has 0 fully saturated rings. The van der Waals surface area contributed by atoms with Crippen molar-refractivity contribution < 1.29 is 39.5 Å². The molecule has 0 spiro atoms. The maximum atomic E-state index is 13.8. The summed E-state index contributed by atoms with van der Waals surface area (Å²) in [5.74, 6) is -19.9. The van der Waals surface area contributed by atoms with E-state index in [1.54, 1.807) is 0 Å². The molecule has 0 saturated heterocycles. The normalized spacial score (nSPS) is 11.7. The molecule has 0 atom stereocenters. The van der Waals surface area contributed by atoms with Crippen molar-refractivity contribution in [1.29, 1.82) is 0 Å². The van der Waals surface area contributed by atoms with E-state index >= 15 is 0 Å². The molecule has 23 heavy (non-hydrogen) atoms. The molecule has 9 heteroatoms. The topological polar surface area (TPSA) is 0 Å². The van der Waals surface area contributed by atoms with Crippen LogP contribution in [-0.2, 0) is 0 Å². The number of benzene rings is 3. The van der Waals surface area contributed by atoms with Crippen LogP contribution in [0.25, 0.3) is 21.5 Å². The van der Waals surface area contributed by atoms with Crippen molar-refractivity contribution in [2.45, 2.75) is 0 Å². The standard InChI is InChI=1S/C14HF9/c15-2-1-3(16)8(17)5-4(2)9(18)11(20)7-6(5)10(19)13(22)14(23)12(7)21/h1H. The first kappa shape index (κ1) is 15.4. The van der Waals surface area contributed by atoms with Crippen LogP contribution in [0.4, 0.5) is 39.5 Å². The van der Waals surface area contributed by atoms with Gasteiger partial charge in [-0.25, -0.2) is 39.5 Å². The van der Waals surface area contributed by atoms with Crippen LogP contribution in [0.5, 0.6) is 0 Å². The molecule has 0 N–H and O–H groups in total. The summed E-state index contributed by atoms with van der Waals surface area (Å²) in [4.78, 5) is 0. The number of fused-ring (bicyclic) bond motifs is 3. The minimum Gasteiger partial charge on any atom is -0.206 e. The molecule has 120 valence electrons. The fraction of sp³-hybridized carbons (Fsp3) is 0. The smallest absolute Gasteiger partial charge is 0.198 e. The fourth-order valence-electron chi connectivity index (χ4n) is 2.34. The molecule has 3 aromatic carbocycles. The predicted octanol–water partition coefficient (Wildman–Crippen LogP) is 5.24. The van der Waals surface area contributed by atoms with Gasteiger partial charge in [0.2, 0.25) is 0 Å². The summed E-state index contributed by atoms with van der Waals surface area (Å²) in [7, 11) is 0. The van der Waals surface area contributed by atoms with Gasteiger partial charge in [0.05, 0.1) is 10.8 Å². The van der Waals surface area contributed by atoms with Gasteiger partial charge in [-0.3, -0.25) is 0 Å². The lowest BCUT2D eigenvalue weighted by atomic mass is 9.98. The molecule has 0 saturated carbocycles. The molecule has 0 unspecified atom stereocenters. The Labute approximate surface area is 120 Å². The van der Waals surface area contributed by atoms with Crippen molar-refractivity contribution >= 4 is 21.5 Å². The van der Waals surface area contributed by atoms with Crippen molar-refractivity contribution in [1.82, 2.24) is 0 Å². The Bertz CT molecular complexity index is 1010. The summed E-state index contributed by atoms with van der Waals surface area (Å²) < 4.78 is 122. The summed E-state index contributed by atoms with van der Waals surface area (Å²) in [6, 6.07) is -0.153. The quantitative estimate of drug-likeness (QED) is 0.227. The van der Waals surface area contributed by atoms with E-state index in [-0.39, 0.29) is 6.07 Å². The van der Waals surface area contributed by atoms with Gasteiger partial charge in [-0.15, -0.1) is 0 Å². The molecule has 3 aromatic rings. The van der Waals surface area contributed by atoms with E-state index in [0.717, 1.165) is 0 Å². The maximum Gasteiger partial charge on any atom is 0.198 e. The van der Waals surface area contributed by atoms with Crippen LogP contribution >= 0.6 is 0 Å². The van der Waals surface area contributed by atoms with Crippen LogP contribution in [0.15, 0.2) is 6.07 Å². The Balaban J connectivity index is 2.85. The third-order valence-electron chi connectivity index (χ3n) is 3.32. The lowest BCUT2D eigenvalue weighted by Gasteiger charge is -2.12. The summed E-state index contributed by atoms with van der Waals surface area (Å²) in [5.41, 5.74) is 0. The number of halogens is 9. The van der Waals surface area contributed by atoms with E-state index in [1.807, 2.05) is 0 Å². The highest BCUT2D eigenvalue weighted by molar-refractivity contribution is 6.09. The van der Waals surface area contributed by atoms with E-state index in [4.69, 9.17) is 0 Å². The highest BCUT2D eigenvalue weighted by Gasteiger charge is 2.30. The summed E-state index contributed by atoms with van der Waals surface area (Å²) in [5, 5.41) is -6.58. The average molecular weight is 340 g/mol. The average Bonchev–Trinajstić information content (AvgIpc) is 2.50. The van der Waals surface area contributed by atoms with Gasteiger partial charge in [-0.1, -0.05) is 0 Å². The lowest BCUT2D eigenvalue weighted by Crippen LogP contribution is -2.05. The first-order valence-electron chi connectivity index (χ1n) is 5.78. The zero-order valence-corrected chi connectivity index (χ0v) is 10.5. The van der Waals surface area contributed by atoms with Gasteiger partial charge in [0.25, 0.3) is 0 Å². The third-order valence-corrected chi connectivity index (χ3v) is 3.32. The van der Waals surface area contributed by atoms with Crippen molar-refractivity contribution in [3.05, 3.63) is 58.4 Å². The van der Waals surface area contributed by atoms with Crippen molar-refractivity contribution in [3.63, 3.8) is 0 Å². The van der Waals surface area contributed by atoms with Gasteiger partial charge >= 0.3 is 0 Å². The fourth-order valence-corrected chi connectivity index (χ4v) is 2.34. The second-order valence-corrected chi connectivity index (χ2v) is 4.54. The van der Waals surface area contributed by atoms with E-state index < -0.39 is 73.9 Å². The predicted molar refractivity (Wildman–Crippen MR) is 61.1 cm³/mol. The number of rotatable bonds is 0. The second-order valence-electron chi connectivity index (χ2n) is 4.54. The summed E-state index contributed by atoms with van der Waals surface area (Å²) in [6.07, 6.45) is 0. The van der Waals surface area contributed by atoms with Crippen LogP contribution in [-0.4, -0.2) is 0 Å². The lowest BCUT2D eigenvalue weighted by molar-refractivity contribution is 0.415. The summed E-state index contributed by atoms with van der Waals surface area (Å²) in [6.45, 7) is 0. The largest absolute Gasteiger partial charge is 0.206 e. The van der Waals surface area contributed by atoms with Crippen molar-refractivity contribution in [3.8, 4) is 0 Å². The molecular formula is C14HF9. The zero-order chi connectivity index (χ0) is 17.2. The SMILES string of the molecule is Fc1cc(F)c2c(F)c(F)c3c(F)c(F)c(F)c(F)c3c2c1F. The van der Waals surface area contributed by atoms with Gasteiger partial charge in [0.15, 0.2) is 46.5 Å². The molecular weight excluding hydrogens is 339 g/mol. The molecule has 0 heterocycles. The van der Waals surface area contributed by atoms with E-state index in [0.29, 0.717) is 0 Å². The van der Waals surface area contributed by atoms with Crippen molar-refractivity contribution in [2.75, 3.05) is 0 Å². The van der Waals surface area contributed by atoms with Crippen LogP contribution in [0, 0.1) is 52.4 Å². The van der Waals surface area contributed by atoms with E-state index in [2.05, 4.69) is 0 Å². The highest BCUT2D eigenvalue weighted by atomic mass is 19.2. The Hall–Kier alpha value is -2.45. The monoisotopic (exact) mass is 340 g/mol. The van der Waals surface area contributed by atoms with E-state index in [9.17, 15) is 39.5 Å². The minimum atomic E-state index is -2.48. The molecule has 0 amide bonds. The first-order chi connectivity index (χ1) is 10.7. The molecule has 0 aliphatic rings. The maximum absolute atomic E-state index is 13.8. The molecule has 0 bridgehead atoms. The van der Waals surface area contributed by atoms with Gasteiger partial charge in [0.1, 0.15) is 5.82 Å². The Morgan fingerprint density at radius 2 is 0.739 bits per heavy atom. The molecule has 0 aliphatic carbocycles. The summed E-state index contributed by atoms with van der Waals surface area (Å²) >= 11 is 0. The van der Waals surface area contributed by atoms with Gasteiger partial charge in [-0.2, -0.15) is 0 Å².